The van der Waals surface area contributed by atoms with Crippen LogP contribution in [-0.4, -0.2) is 14.4 Å². The summed E-state index contributed by atoms with van der Waals surface area (Å²) < 4.78 is 8.14. The second-order valence-corrected chi connectivity index (χ2v) is 6.68. The van der Waals surface area contributed by atoms with Crippen LogP contribution in [0.3, 0.4) is 0 Å². The molecule has 4 heteroatoms. The minimum Gasteiger partial charge on any atom is -0.489 e. The van der Waals surface area contributed by atoms with Gasteiger partial charge in [-0.3, -0.25) is 9.38 Å². The molecule has 0 spiro atoms. The first-order valence-electron chi connectivity index (χ1n) is 9.47. The van der Waals surface area contributed by atoms with E-state index < -0.39 is 0 Å². The van der Waals surface area contributed by atoms with Crippen LogP contribution in [0, 0.1) is 6.92 Å². The van der Waals surface area contributed by atoms with E-state index in [4.69, 9.17) is 9.72 Å². The highest BCUT2D eigenvalue weighted by molar-refractivity contribution is 5.80. The van der Waals surface area contributed by atoms with Crippen LogP contribution in [0.25, 0.3) is 16.8 Å². The van der Waals surface area contributed by atoms with Crippen molar-refractivity contribution in [2.24, 2.45) is 0 Å². The van der Waals surface area contributed by atoms with E-state index in [0.717, 1.165) is 46.0 Å². The monoisotopic (exact) mass is 369 g/mol. The van der Waals surface area contributed by atoms with Gasteiger partial charge < -0.3 is 4.74 Å². The topological polar surface area (TPSA) is 39.4 Å². The van der Waals surface area contributed by atoms with Gasteiger partial charge in [-0.1, -0.05) is 54.6 Å². The van der Waals surface area contributed by atoms with E-state index in [1.54, 1.807) is 0 Å². The molecule has 0 saturated heterocycles. The fourth-order valence-corrected chi connectivity index (χ4v) is 3.30. The maximum Gasteiger partial charge on any atom is 0.120 e. The van der Waals surface area contributed by atoms with E-state index in [9.17, 15) is 0 Å². The number of rotatable bonds is 6. The van der Waals surface area contributed by atoms with Crippen molar-refractivity contribution in [1.29, 1.82) is 0 Å². The summed E-state index contributed by atoms with van der Waals surface area (Å²) in [6, 6.07) is 18.3. The van der Waals surface area contributed by atoms with Crippen molar-refractivity contribution in [2.75, 3.05) is 0 Å². The van der Waals surface area contributed by atoms with Crippen LogP contribution < -0.4 is 4.74 Å². The third kappa shape index (κ3) is 3.67. The van der Waals surface area contributed by atoms with Crippen LogP contribution in [0.15, 0.2) is 79.1 Å². The zero-order valence-electron chi connectivity index (χ0n) is 16.2. The summed E-state index contributed by atoms with van der Waals surface area (Å²) in [6.07, 6.45) is 8.76. The summed E-state index contributed by atoms with van der Waals surface area (Å²) in [4.78, 5) is 9.41. The standard InChI is InChI=1S/C24H23N3O/c1-3-4-13-22-26-23(24-18(2)25-14-15-27(22)24)20-11-8-12-21(16-20)28-17-19-9-6-5-7-10-19/h3-12,14-16H,13,17H2,1-2H3/b4-3+. The molecule has 4 rings (SSSR count). The number of aromatic nitrogens is 3. The van der Waals surface area contributed by atoms with Crippen LogP contribution >= 0.6 is 0 Å². The van der Waals surface area contributed by atoms with Crippen molar-refractivity contribution >= 4 is 5.52 Å². The van der Waals surface area contributed by atoms with Gasteiger partial charge >= 0.3 is 0 Å². The number of fused-ring (bicyclic) bond motifs is 1. The lowest BCUT2D eigenvalue weighted by atomic mass is 10.1. The summed E-state index contributed by atoms with van der Waals surface area (Å²) in [7, 11) is 0. The van der Waals surface area contributed by atoms with Gasteiger partial charge in [0.05, 0.1) is 16.9 Å². The van der Waals surface area contributed by atoms with Crippen LogP contribution in [0.2, 0.25) is 0 Å². The minimum absolute atomic E-state index is 0.543. The van der Waals surface area contributed by atoms with E-state index in [1.165, 1.54) is 0 Å². The van der Waals surface area contributed by atoms with Gasteiger partial charge in [-0.15, -0.1) is 0 Å². The molecule has 0 aliphatic carbocycles. The first-order valence-corrected chi connectivity index (χ1v) is 9.47. The Hall–Kier alpha value is -3.40. The van der Waals surface area contributed by atoms with Gasteiger partial charge in [0.25, 0.3) is 0 Å². The van der Waals surface area contributed by atoms with E-state index in [-0.39, 0.29) is 0 Å². The average molecular weight is 369 g/mol. The Morgan fingerprint density at radius 2 is 1.93 bits per heavy atom. The van der Waals surface area contributed by atoms with E-state index >= 15 is 0 Å². The molecular formula is C24H23N3O. The van der Waals surface area contributed by atoms with Gasteiger partial charge in [0.2, 0.25) is 0 Å². The molecule has 140 valence electrons. The number of benzene rings is 2. The average Bonchev–Trinajstić information content (AvgIpc) is 3.12. The molecule has 2 aromatic heterocycles. The Bertz CT molecular complexity index is 1110. The quantitative estimate of drug-likeness (QED) is 0.427. The maximum atomic E-state index is 6.01. The van der Waals surface area contributed by atoms with Gasteiger partial charge in [0.15, 0.2) is 0 Å². The van der Waals surface area contributed by atoms with Gasteiger partial charge in [-0.25, -0.2) is 4.98 Å². The van der Waals surface area contributed by atoms with Crippen molar-refractivity contribution < 1.29 is 4.74 Å². The Morgan fingerprint density at radius 1 is 1.07 bits per heavy atom. The summed E-state index contributed by atoms with van der Waals surface area (Å²) in [5.74, 6) is 1.84. The number of allylic oxidation sites excluding steroid dienone is 2. The fraction of sp³-hybridized carbons (Fsp3) is 0.167. The van der Waals surface area contributed by atoms with Crippen molar-refractivity contribution in [3.8, 4) is 17.0 Å². The number of imidazole rings is 1. The van der Waals surface area contributed by atoms with Crippen molar-refractivity contribution in [3.05, 3.63) is 96.2 Å². The fourth-order valence-electron chi connectivity index (χ4n) is 3.30. The highest BCUT2D eigenvalue weighted by Crippen LogP contribution is 2.29. The van der Waals surface area contributed by atoms with E-state index in [1.807, 2.05) is 62.6 Å². The molecule has 0 atom stereocenters. The first kappa shape index (κ1) is 18.0. The normalized spacial score (nSPS) is 11.4. The van der Waals surface area contributed by atoms with Crippen LogP contribution in [0.1, 0.15) is 24.0 Å². The van der Waals surface area contributed by atoms with Crippen LogP contribution in [-0.2, 0) is 13.0 Å². The predicted octanol–water partition coefficient (Wildman–Crippen LogP) is 5.40. The zero-order valence-corrected chi connectivity index (χ0v) is 16.2. The molecule has 0 radical (unpaired) electrons. The first-order chi connectivity index (χ1) is 13.8. The lowest BCUT2D eigenvalue weighted by Gasteiger charge is -2.08. The predicted molar refractivity (Wildman–Crippen MR) is 112 cm³/mol. The smallest absolute Gasteiger partial charge is 0.120 e. The summed E-state index contributed by atoms with van der Waals surface area (Å²) in [6.45, 7) is 4.59. The van der Waals surface area contributed by atoms with Gasteiger partial charge in [0.1, 0.15) is 18.2 Å². The Morgan fingerprint density at radius 3 is 2.75 bits per heavy atom. The van der Waals surface area contributed by atoms with E-state index in [2.05, 4.69) is 39.7 Å². The summed E-state index contributed by atoms with van der Waals surface area (Å²) in [5.41, 5.74) is 5.13. The summed E-state index contributed by atoms with van der Waals surface area (Å²) in [5, 5.41) is 0. The molecule has 0 amide bonds. The molecule has 0 unspecified atom stereocenters. The van der Waals surface area contributed by atoms with Crippen LogP contribution in [0.5, 0.6) is 5.75 Å². The molecule has 0 aliphatic heterocycles. The van der Waals surface area contributed by atoms with Crippen molar-refractivity contribution in [1.82, 2.24) is 14.4 Å². The molecule has 2 aromatic carbocycles. The summed E-state index contributed by atoms with van der Waals surface area (Å²) >= 11 is 0. The molecule has 0 saturated carbocycles. The van der Waals surface area contributed by atoms with Crippen molar-refractivity contribution in [2.45, 2.75) is 26.9 Å². The molecule has 4 nitrogen and oxygen atoms in total. The largest absolute Gasteiger partial charge is 0.489 e. The number of nitrogens with zero attached hydrogens (tertiary/aromatic N) is 3. The van der Waals surface area contributed by atoms with Crippen LogP contribution in [0.4, 0.5) is 0 Å². The molecule has 0 bridgehead atoms. The lowest BCUT2D eigenvalue weighted by molar-refractivity contribution is 0.306. The highest BCUT2D eigenvalue weighted by Gasteiger charge is 2.15. The Balaban J connectivity index is 1.70. The Kier molecular flexibility index (Phi) is 5.20. The van der Waals surface area contributed by atoms with Gasteiger partial charge in [-0.2, -0.15) is 0 Å². The minimum atomic E-state index is 0.543. The highest BCUT2D eigenvalue weighted by atomic mass is 16.5. The number of hydrogen-bond acceptors (Lipinski definition) is 3. The van der Waals surface area contributed by atoms with Gasteiger partial charge in [-0.05, 0) is 31.5 Å². The number of aryl methyl sites for hydroxylation is 1. The molecule has 4 aromatic rings. The molecule has 28 heavy (non-hydrogen) atoms. The number of ether oxygens (including phenoxy) is 1. The number of hydrogen-bond donors (Lipinski definition) is 0. The zero-order chi connectivity index (χ0) is 19.3. The van der Waals surface area contributed by atoms with Gasteiger partial charge in [0, 0.05) is 24.4 Å². The van der Waals surface area contributed by atoms with E-state index in [0.29, 0.717) is 6.61 Å². The SMILES string of the molecule is C/C=C/Cc1nc(-c2cccc(OCc3ccccc3)c2)c2c(C)nccn12. The third-order valence-electron chi connectivity index (χ3n) is 4.70. The molecule has 0 aliphatic rings. The second kappa shape index (κ2) is 8.09. The Labute approximate surface area is 165 Å². The molecule has 2 heterocycles. The second-order valence-electron chi connectivity index (χ2n) is 6.68. The van der Waals surface area contributed by atoms with Crippen molar-refractivity contribution in [3.63, 3.8) is 0 Å². The molecular weight excluding hydrogens is 346 g/mol. The lowest BCUT2D eigenvalue weighted by Crippen LogP contribution is -1.95. The molecule has 0 N–H and O–H groups in total. The maximum absolute atomic E-state index is 6.01. The third-order valence-corrected chi connectivity index (χ3v) is 4.70. The molecule has 0 fully saturated rings.